The SMILES string of the molecule is Cc1ccc(C)c2c1C(CCC1=CC([Si](C)(C)C)c3c(C)ccc(C)c31)=CC2[Si](C)(C)C. The first-order valence-electron chi connectivity index (χ1n) is 12.4. The van der Waals surface area contributed by atoms with Gasteiger partial charge in [-0.2, -0.15) is 0 Å². The van der Waals surface area contributed by atoms with Crippen LogP contribution >= 0.6 is 0 Å². The van der Waals surface area contributed by atoms with Gasteiger partial charge in [-0.3, -0.25) is 0 Å². The van der Waals surface area contributed by atoms with Crippen LogP contribution in [0.2, 0.25) is 39.3 Å². The lowest BCUT2D eigenvalue weighted by atomic mass is 9.90. The van der Waals surface area contributed by atoms with Gasteiger partial charge in [-0.1, -0.05) is 75.7 Å². The molecule has 0 saturated carbocycles. The van der Waals surface area contributed by atoms with E-state index in [1.54, 1.807) is 33.4 Å². The van der Waals surface area contributed by atoms with Crippen LogP contribution in [0.25, 0.3) is 11.1 Å². The van der Waals surface area contributed by atoms with Gasteiger partial charge in [-0.15, -0.1) is 0 Å². The third kappa shape index (κ3) is 3.94. The van der Waals surface area contributed by atoms with E-state index in [1.807, 2.05) is 0 Å². The summed E-state index contributed by atoms with van der Waals surface area (Å²) in [5, 5.41) is 0. The van der Waals surface area contributed by atoms with E-state index in [2.05, 4.69) is 103 Å². The van der Waals surface area contributed by atoms with E-state index in [1.165, 1.54) is 22.3 Å². The standard InChI is InChI=1S/C30H42Si2/c1-19-11-13-21(3)29-25(31(5,6)7)17-23(27(19)29)15-16-24-18-26(32(8,9)10)30-22(4)14-12-20(2)28(24)30/h11-14,17-18,25-26H,15-16H2,1-10H3. The van der Waals surface area contributed by atoms with Crippen LogP contribution in [0.15, 0.2) is 36.4 Å². The highest BCUT2D eigenvalue weighted by Crippen LogP contribution is 2.49. The van der Waals surface area contributed by atoms with Crippen LogP contribution in [0.5, 0.6) is 0 Å². The number of hydrogen-bond donors (Lipinski definition) is 0. The second-order valence-corrected chi connectivity index (χ2v) is 23.3. The molecule has 32 heavy (non-hydrogen) atoms. The van der Waals surface area contributed by atoms with Crippen molar-refractivity contribution in [3.63, 3.8) is 0 Å². The molecule has 0 heterocycles. The van der Waals surface area contributed by atoms with Crippen LogP contribution < -0.4 is 0 Å². The molecule has 2 unspecified atom stereocenters. The van der Waals surface area contributed by atoms with Crippen LogP contribution in [-0.4, -0.2) is 16.1 Å². The maximum Gasteiger partial charge on any atom is 0.0566 e. The largest absolute Gasteiger partial charge is 0.0759 e. The molecule has 2 aliphatic rings. The number of hydrogen-bond acceptors (Lipinski definition) is 0. The molecule has 2 aliphatic carbocycles. The van der Waals surface area contributed by atoms with Crippen molar-refractivity contribution in [1.29, 1.82) is 0 Å². The van der Waals surface area contributed by atoms with Gasteiger partial charge in [0, 0.05) is 0 Å². The molecule has 0 radical (unpaired) electrons. The normalized spacial score (nSPS) is 20.2. The van der Waals surface area contributed by atoms with Crippen molar-refractivity contribution in [1.82, 2.24) is 0 Å². The zero-order valence-electron chi connectivity index (χ0n) is 22.0. The molecule has 0 fully saturated rings. The first kappa shape index (κ1) is 23.5. The first-order valence-corrected chi connectivity index (χ1v) is 19.6. The highest BCUT2D eigenvalue weighted by molar-refractivity contribution is 6.78. The summed E-state index contributed by atoms with van der Waals surface area (Å²) in [5.41, 5.74) is 16.9. The number of aryl methyl sites for hydroxylation is 4. The lowest BCUT2D eigenvalue weighted by Crippen LogP contribution is -2.29. The third-order valence-corrected chi connectivity index (χ3v) is 12.5. The molecule has 2 heteroatoms. The van der Waals surface area contributed by atoms with Gasteiger partial charge in [0.1, 0.15) is 0 Å². The summed E-state index contributed by atoms with van der Waals surface area (Å²) in [5.74, 6) is 0. The number of benzene rings is 2. The van der Waals surface area contributed by atoms with Gasteiger partial charge in [0.15, 0.2) is 0 Å². The summed E-state index contributed by atoms with van der Waals surface area (Å²) in [6.45, 7) is 24.5. The number of allylic oxidation sites excluding steroid dienone is 4. The van der Waals surface area contributed by atoms with Gasteiger partial charge in [-0.05, 0) is 107 Å². The molecule has 0 N–H and O–H groups in total. The van der Waals surface area contributed by atoms with Gasteiger partial charge in [-0.25, -0.2) is 0 Å². The Morgan fingerprint density at radius 2 is 0.844 bits per heavy atom. The summed E-state index contributed by atoms with van der Waals surface area (Å²) in [6, 6.07) is 9.37. The molecule has 2 atom stereocenters. The lowest BCUT2D eigenvalue weighted by molar-refractivity contribution is 1.08. The van der Waals surface area contributed by atoms with Crippen LogP contribution in [0.3, 0.4) is 0 Å². The molecule has 4 rings (SSSR count). The molecule has 0 saturated heterocycles. The Bertz CT molecular complexity index is 1040. The summed E-state index contributed by atoms with van der Waals surface area (Å²) < 4.78 is 0. The highest BCUT2D eigenvalue weighted by Gasteiger charge is 2.37. The molecule has 2 aromatic rings. The van der Waals surface area contributed by atoms with E-state index >= 15 is 0 Å². The van der Waals surface area contributed by atoms with E-state index in [9.17, 15) is 0 Å². The lowest BCUT2D eigenvalue weighted by Gasteiger charge is -2.26. The number of fused-ring (bicyclic) bond motifs is 2. The Labute approximate surface area is 198 Å². The van der Waals surface area contributed by atoms with Crippen molar-refractivity contribution >= 4 is 27.3 Å². The molecule has 0 bridgehead atoms. The topological polar surface area (TPSA) is 0 Å². The Morgan fingerprint density at radius 3 is 1.16 bits per heavy atom. The van der Waals surface area contributed by atoms with Gasteiger partial charge >= 0.3 is 0 Å². The van der Waals surface area contributed by atoms with Gasteiger partial charge in [0.05, 0.1) is 16.1 Å². The highest BCUT2D eigenvalue weighted by atomic mass is 28.3. The van der Waals surface area contributed by atoms with Crippen LogP contribution in [0, 0.1) is 27.7 Å². The summed E-state index contributed by atoms with van der Waals surface area (Å²) in [7, 11) is -2.65. The van der Waals surface area contributed by atoms with E-state index in [4.69, 9.17) is 0 Å². The average Bonchev–Trinajstić information content (AvgIpc) is 3.26. The van der Waals surface area contributed by atoms with Gasteiger partial charge in [0.25, 0.3) is 0 Å². The molecule has 2 aromatic carbocycles. The van der Waals surface area contributed by atoms with Crippen molar-refractivity contribution < 1.29 is 0 Å². The quantitative estimate of drug-likeness (QED) is 0.392. The van der Waals surface area contributed by atoms with Crippen molar-refractivity contribution in [3.05, 3.63) is 80.9 Å². The molecular formula is C30H42Si2. The van der Waals surface area contributed by atoms with E-state index < -0.39 is 16.1 Å². The molecule has 0 spiro atoms. The second kappa shape index (κ2) is 7.99. The predicted octanol–water partition coefficient (Wildman–Crippen LogP) is 9.12. The van der Waals surface area contributed by atoms with Crippen molar-refractivity contribution in [2.75, 3.05) is 0 Å². The van der Waals surface area contributed by atoms with Crippen molar-refractivity contribution in [2.24, 2.45) is 0 Å². The maximum absolute atomic E-state index is 2.67. The molecule has 170 valence electrons. The van der Waals surface area contributed by atoms with Gasteiger partial charge < -0.3 is 0 Å². The molecule has 0 amide bonds. The van der Waals surface area contributed by atoms with Gasteiger partial charge in [0.2, 0.25) is 0 Å². The smallest absolute Gasteiger partial charge is 0.0566 e. The minimum Gasteiger partial charge on any atom is -0.0759 e. The molecule has 0 nitrogen and oxygen atoms in total. The summed E-state index contributed by atoms with van der Waals surface area (Å²) >= 11 is 0. The van der Waals surface area contributed by atoms with Crippen LogP contribution in [0.4, 0.5) is 0 Å². The monoisotopic (exact) mass is 458 g/mol. The van der Waals surface area contributed by atoms with E-state index in [-0.39, 0.29) is 0 Å². The van der Waals surface area contributed by atoms with E-state index in [0.29, 0.717) is 11.1 Å². The second-order valence-electron chi connectivity index (χ2n) is 12.5. The number of rotatable bonds is 5. The van der Waals surface area contributed by atoms with Crippen molar-refractivity contribution in [2.45, 2.75) is 90.9 Å². The fourth-order valence-corrected chi connectivity index (χ4v) is 9.99. The average molecular weight is 459 g/mol. The fourth-order valence-electron chi connectivity index (χ4n) is 6.11. The summed E-state index contributed by atoms with van der Waals surface area (Å²) in [6.07, 6.45) is 7.67. The predicted molar refractivity (Wildman–Crippen MR) is 149 cm³/mol. The zero-order valence-corrected chi connectivity index (χ0v) is 24.0. The Hall–Kier alpha value is -1.65. The first-order chi connectivity index (χ1) is 14.8. The minimum atomic E-state index is -1.33. The van der Waals surface area contributed by atoms with Crippen LogP contribution in [0.1, 0.15) is 68.4 Å². The zero-order chi connectivity index (χ0) is 23.6. The fraction of sp³-hybridized carbons (Fsp3) is 0.467. The maximum atomic E-state index is 2.67. The summed E-state index contributed by atoms with van der Waals surface area (Å²) in [4.78, 5) is 0. The minimum absolute atomic E-state index is 0.649. The molecular weight excluding hydrogens is 417 g/mol. The molecule has 0 aromatic heterocycles. The Balaban J connectivity index is 1.73. The third-order valence-electron chi connectivity index (χ3n) is 7.87. The van der Waals surface area contributed by atoms with Crippen molar-refractivity contribution in [3.8, 4) is 0 Å². The Morgan fingerprint density at radius 1 is 0.531 bits per heavy atom. The Kier molecular flexibility index (Phi) is 5.87. The van der Waals surface area contributed by atoms with Crippen LogP contribution in [-0.2, 0) is 0 Å². The molecule has 0 aliphatic heterocycles. The van der Waals surface area contributed by atoms with E-state index in [0.717, 1.165) is 12.8 Å².